The summed E-state index contributed by atoms with van der Waals surface area (Å²) in [6.07, 6.45) is 1.05. The molecule has 0 saturated heterocycles. The Labute approximate surface area is 129 Å². The van der Waals surface area contributed by atoms with Crippen LogP contribution in [0.2, 0.25) is 0 Å². The highest BCUT2D eigenvalue weighted by molar-refractivity contribution is 7.10. The first-order chi connectivity index (χ1) is 10.1. The second-order valence-corrected chi connectivity index (χ2v) is 6.57. The van der Waals surface area contributed by atoms with Gasteiger partial charge in [0.1, 0.15) is 0 Å². The van der Waals surface area contributed by atoms with Crippen LogP contribution in [0.5, 0.6) is 0 Å². The van der Waals surface area contributed by atoms with Crippen molar-refractivity contribution in [3.8, 4) is 0 Å². The zero-order valence-electron chi connectivity index (χ0n) is 12.4. The fraction of sp³-hybridized carbons (Fsp3) is 0.353. The van der Waals surface area contributed by atoms with Crippen molar-refractivity contribution in [2.24, 2.45) is 0 Å². The third-order valence-corrected chi connectivity index (χ3v) is 5.19. The van der Waals surface area contributed by atoms with Crippen molar-refractivity contribution in [1.82, 2.24) is 4.90 Å². The van der Waals surface area contributed by atoms with Crippen LogP contribution in [0.1, 0.15) is 22.9 Å². The largest absolute Gasteiger partial charge is 0.324 e. The summed E-state index contributed by atoms with van der Waals surface area (Å²) in [7, 11) is 0. The second-order valence-electron chi connectivity index (χ2n) is 5.57. The average Bonchev–Trinajstić information content (AvgIpc) is 2.96. The standard InChI is InChI=1S/C17H20N2OS/c1-12-5-3-4-6-15(12)18-17(20)13(2)19-9-7-16-14(11-19)8-10-21-16/h3-6,8,10,13H,7,9,11H2,1-2H3,(H,18,20)/t13-/m1/s1. The number of fused-ring (bicyclic) bond motifs is 1. The van der Waals surface area contributed by atoms with Crippen molar-refractivity contribution < 1.29 is 4.79 Å². The molecule has 3 rings (SSSR count). The molecule has 0 unspecified atom stereocenters. The number of anilines is 1. The van der Waals surface area contributed by atoms with Crippen molar-refractivity contribution in [1.29, 1.82) is 0 Å². The number of carbonyl (C=O) groups excluding carboxylic acids is 1. The van der Waals surface area contributed by atoms with Gasteiger partial charge in [-0.3, -0.25) is 9.69 Å². The summed E-state index contributed by atoms with van der Waals surface area (Å²) in [5.41, 5.74) is 3.38. The van der Waals surface area contributed by atoms with Crippen LogP contribution in [0.25, 0.3) is 0 Å². The number of hydrogen-bond donors (Lipinski definition) is 1. The lowest BCUT2D eigenvalue weighted by atomic mass is 10.1. The highest BCUT2D eigenvalue weighted by atomic mass is 32.1. The van der Waals surface area contributed by atoms with Crippen molar-refractivity contribution in [2.45, 2.75) is 32.9 Å². The molecule has 0 bridgehead atoms. The van der Waals surface area contributed by atoms with E-state index < -0.39 is 0 Å². The van der Waals surface area contributed by atoms with E-state index in [2.05, 4.69) is 21.7 Å². The summed E-state index contributed by atoms with van der Waals surface area (Å²) < 4.78 is 0. The third-order valence-electron chi connectivity index (χ3n) is 4.17. The number of aryl methyl sites for hydroxylation is 1. The molecule has 1 aliphatic heterocycles. The Morgan fingerprint density at radius 3 is 2.95 bits per heavy atom. The predicted molar refractivity (Wildman–Crippen MR) is 87.7 cm³/mol. The molecule has 110 valence electrons. The van der Waals surface area contributed by atoms with E-state index in [-0.39, 0.29) is 11.9 Å². The molecule has 1 aromatic carbocycles. The normalized spacial score (nSPS) is 16.3. The molecule has 0 radical (unpaired) electrons. The Morgan fingerprint density at radius 2 is 2.14 bits per heavy atom. The summed E-state index contributed by atoms with van der Waals surface area (Å²) >= 11 is 1.82. The molecule has 1 aromatic heterocycles. The molecule has 1 amide bonds. The molecule has 3 nitrogen and oxygen atoms in total. The van der Waals surface area contributed by atoms with Gasteiger partial charge in [0.2, 0.25) is 5.91 Å². The first-order valence-electron chi connectivity index (χ1n) is 7.31. The summed E-state index contributed by atoms with van der Waals surface area (Å²) in [6, 6.07) is 9.96. The van der Waals surface area contributed by atoms with Gasteiger partial charge in [0.15, 0.2) is 0 Å². The first kappa shape index (κ1) is 14.3. The quantitative estimate of drug-likeness (QED) is 0.941. The Kier molecular flexibility index (Phi) is 4.08. The van der Waals surface area contributed by atoms with Gasteiger partial charge in [-0.15, -0.1) is 11.3 Å². The van der Waals surface area contributed by atoms with Crippen molar-refractivity contribution in [2.75, 3.05) is 11.9 Å². The molecule has 0 fully saturated rings. The van der Waals surface area contributed by atoms with Crippen LogP contribution in [0.4, 0.5) is 5.69 Å². The molecular weight excluding hydrogens is 280 g/mol. The topological polar surface area (TPSA) is 32.3 Å². The minimum atomic E-state index is -0.113. The predicted octanol–water partition coefficient (Wildman–Crippen LogP) is 3.44. The number of para-hydroxylation sites is 1. The number of benzene rings is 1. The average molecular weight is 300 g/mol. The fourth-order valence-electron chi connectivity index (χ4n) is 2.72. The summed E-state index contributed by atoms with van der Waals surface area (Å²) in [4.78, 5) is 16.2. The number of nitrogens with zero attached hydrogens (tertiary/aromatic N) is 1. The van der Waals surface area contributed by atoms with E-state index >= 15 is 0 Å². The van der Waals surface area contributed by atoms with Crippen molar-refractivity contribution >= 4 is 22.9 Å². The zero-order chi connectivity index (χ0) is 14.8. The van der Waals surface area contributed by atoms with Crippen LogP contribution < -0.4 is 5.32 Å². The number of rotatable bonds is 3. The second kappa shape index (κ2) is 6.00. The van der Waals surface area contributed by atoms with Crippen LogP contribution in [0.3, 0.4) is 0 Å². The van der Waals surface area contributed by atoms with Crippen LogP contribution in [0.15, 0.2) is 35.7 Å². The lowest BCUT2D eigenvalue weighted by molar-refractivity contribution is -0.121. The first-order valence-corrected chi connectivity index (χ1v) is 8.19. The Balaban J connectivity index is 1.67. The Hall–Kier alpha value is -1.65. The number of thiophene rings is 1. The summed E-state index contributed by atoms with van der Waals surface area (Å²) in [6.45, 7) is 5.83. The van der Waals surface area contributed by atoms with Crippen LogP contribution >= 0.6 is 11.3 Å². The molecule has 0 aliphatic carbocycles. The van der Waals surface area contributed by atoms with Gasteiger partial charge in [-0.25, -0.2) is 0 Å². The minimum Gasteiger partial charge on any atom is -0.324 e. The van der Waals surface area contributed by atoms with E-state index in [0.29, 0.717) is 0 Å². The molecule has 0 saturated carbocycles. The van der Waals surface area contributed by atoms with E-state index in [9.17, 15) is 4.79 Å². The van der Waals surface area contributed by atoms with Gasteiger partial charge < -0.3 is 5.32 Å². The van der Waals surface area contributed by atoms with Crippen LogP contribution in [-0.4, -0.2) is 23.4 Å². The monoisotopic (exact) mass is 300 g/mol. The maximum atomic E-state index is 12.5. The maximum absolute atomic E-state index is 12.5. The lowest BCUT2D eigenvalue weighted by Crippen LogP contribution is -2.44. The zero-order valence-corrected chi connectivity index (χ0v) is 13.2. The highest BCUT2D eigenvalue weighted by Gasteiger charge is 2.26. The van der Waals surface area contributed by atoms with E-state index in [0.717, 1.165) is 30.8 Å². The number of nitrogens with one attached hydrogen (secondary N) is 1. The Morgan fingerprint density at radius 1 is 1.33 bits per heavy atom. The molecule has 1 N–H and O–H groups in total. The smallest absolute Gasteiger partial charge is 0.241 e. The molecule has 2 aromatic rings. The van der Waals surface area contributed by atoms with Gasteiger partial charge in [0.25, 0.3) is 0 Å². The molecular formula is C17H20N2OS. The number of amides is 1. The minimum absolute atomic E-state index is 0.0722. The molecule has 4 heteroatoms. The third kappa shape index (κ3) is 3.01. The van der Waals surface area contributed by atoms with Crippen LogP contribution in [-0.2, 0) is 17.8 Å². The lowest BCUT2D eigenvalue weighted by Gasteiger charge is -2.31. The van der Waals surface area contributed by atoms with E-state index in [4.69, 9.17) is 0 Å². The number of hydrogen-bond acceptors (Lipinski definition) is 3. The Bertz CT molecular complexity index is 650. The highest BCUT2D eigenvalue weighted by Crippen LogP contribution is 2.25. The van der Waals surface area contributed by atoms with Crippen molar-refractivity contribution in [3.05, 3.63) is 51.7 Å². The van der Waals surface area contributed by atoms with Gasteiger partial charge >= 0.3 is 0 Å². The van der Waals surface area contributed by atoms with Gasteiger partial charge in [0.05, 0.1) is 6.04 Å². The van der Waals surface area contributed by atoms with Gasteiger partial charge in [-0.1, -0.05) is 18.2 Å². The van der Waals surface area contributed by atoms with Gasteiger partial charge in [0, 0.05) is 23.7 Å². The fourth-order valence-corrected chi connectivity index (χ4v) is 3.61. The molecule has 1 aliphatic rings. The summed E-state index contributed by atoms with van der Waals surface area (Å²) in [5.74, 6) is 0.0722. The maximum Gasteiger partial charge on any atom is 0.241 e. The van der Waals surface area contributed by atoms with E-state index in [1.54, 1.807) is 0 Å². The SMILES string of the molecule is Cc1ccccc1NC(=O)[C@@H](C)N1CCc2sccc2C1. The van der Waals surface area contributed by atoms with Crippen molar-refractivity contribution in [3.63, 3.8) is 0 Å². The molecule has 21 heavy (non-hydrogen) atoms. The van der Waals surface area contributed by atoms with Crippen LogP contribution in [0, 0.1) is 6.92 Å². The molecule has 2 heterocycles. The van der Waals surface area contributed by atoms with Gasteiger partial charge in [-0.2, -0.15) is 0 Å². The van der Waals surface area contributed by atoms with E-state index in [1.807, 2.05) is 49.4 Å². The molecule has 1 atom stereocenters. The number of carbonyl (C=O) groups is 1. The summed E-state index contributed by atoms with van der Waals surface area (Å²) in [5, 5.41) is 5.19. The van der Waals surface area contributed by atoms with E-state index in [1.165, 1.54) is 10.4 Å². The van der Waals surface area contributed by atoms with Gasteiger partial charge in [-0.05, 0) is 48.9 Å². The molecule has 0 spiro atoms.